The Morgan fingerprint density at radius 1 is 0.919 bits per heavy atom. The van der Waals surface area contributed by atoms with E-state index in [0.29, 0.717) is 17.0 Å². The largest absolute Gasteiger partial charge is 0.504 e. The predicted octanol–water partition coefficient (Wildman–Crippen LogP) is 3.38. The molecule has 1 amide bonds. The van der Waals surface area contributed by atoms with Crippen molar-refractivity contribution in [3.63, 3.8) is 0 Å². The number of amides is 1. The van der Waals surface area contributed by atoms with Crippen molar-refractivity contribution in [2.75, 3.05) is 32.2 Å². The van der Waals surface area contributed by atoms with Gasteiger partial charge in [0.1, 0.15) is 6.54 Å². The van der Waals surface area contributed by atoms with Gasteiger partial charge >= 0.3 is 0 Å². The second-order valence-corrected chi connectivity index (χ2v) is 9.96. The van der Waals surface area contributed by atoms with E-state index in [0.717, 1.165) is 15.4 Å². The van der Waals surface area contributed by atoms with E-state index >= 15 is 0 Å². The highest BCUT2D eigenvalue weighted by molar-refractivity contribution is 7.92. The van der Waals surface area contributed by atoms with Crippen LogP contribution in [-0.2, 0) is 14.8 Å². The van der Waals surface area contributed by atoms with E-state index in [-0.39, 0.29) is 22.1 Å². The van der Waals surface area contributed by atoms with Crippen molar-refractivity contribution in [1.82, 2.24) is 5.43 Å². The van der Waals surface area contributed by atoms with Gasteiger partial charge in [-0.15, -0.1) is 0 Å². The fourth-order valence-electron chi connectivity index (χ4n) is 3.63. The zero-order valence-corrected chi connectivity index (χ0v) is 22.0. The normalized spacial score (nSPS) is 11.3. The smallest absolute Gasteiger partial charge is 0.264 e. The van der Waals surface area contributed by atoms with Crippen LogP contribution < -0.4 is 23.9 Å². The molecule has 0 saturated heterocycles. The average molecular weight is 528 g/mol. The molecule has 0 fully saturated rings. The fraction of sp³-hybridized carbons (Fsp3) is 0.231. The molecule has 0 spiro atoms. The minimum Gasteiger partial charge on any atom is -0.504 e. The third kappa shape index (κ3) is 6.50. The number of nitrogens with zero attached hydrogens (tertiary/aromatic N) is 2. The van der Waals surface area contributed by atoms with Crippen LogP contribution in [0.5, 0.6) is 23.0 Å². The quantitative estimate of drug-likeness (QED) is 0.306. The van der Waals surface area contributed by atoms with Gasteiger partial charge in [0.2, 0.25) is 0 Å². The van der Waals surface area contributed by atoms with Gasteiger partial charge in [-0.25, -0.2) is 13.8 Å². The van der Waals surface area contributed by atoms with Crippen LogP contribution >= 0.6 is 0 Å². The summed E-state index contributed by atoms with van der Waals surface area (Å²) < 4.78 is 44.0. The summed E-state index contributed by atoms with van der Waals surface area (Å²) in [5.74, 6) is 0.162. The lowest BCUT2D eigenvalue weighted by Gasteiger charge is -2.25. The van der Waals surface area contributed by atoms with Crippen LogP contribution in [0.3, 0.4) is 0 Å². The fourth-order valence-corrected chi connectivity index (χ4v) is 5.05. The molecule has 2 N–H and O–H groups in total. The van der Waals surface area contributed by atoms with E-state index in [1.165, 1.54) is 57.9 Å². The van der Waals surface area contributed by atoms with Crippen molar-refractivity contribution in [1.29, 1.82) is 0 Å². The van der Waals surface area contributed by atoms with E-state index in [1.807, 2.05) is 19.9 Å². The number of rotatable bonds is 10. The van der Waals surface area contributed by atoms with Crippen molar-refractivity contribution in [2.45, 2.75) is 18.7 Å². The number of nitrogens with one attached hydrogen (secondary N) is 1. The van der Waals surface area contributed by atoms with Crippen LogP contribution in [0.2, 0.25) is 0 Å². The van der Waals surface area contributed by atoms with Crippen molar-refractivity contribution in [2.24, 2.45) is 5.10 Å². The Kier molecular flexibility index (Phi) is 8.61. The molecule has 10 nitrogen and oxygen atoms in total. The van der Waals surface area contributed by atoms with Gasteiger partial charge < -0.3 is 19.3 Å². The molecule has 3 aromatic carbocycles. The van der Waals surface area contributed by atoms with Crippen molar-refractivity contribution in [3.8, 4) is 23.0 Å². The third-order valence-corrected chi connectivity index (χ3v) is 7.10. The summed E-state index contributed by atoms with van der Waals surface area (Å²) in [5, 5.41) is 13.6. The standard InChI is InChI=1S/C26H29N3O7S/c1-17-10-18(2)12-20(11-17)29(37(32,33)21-7-9-23(34-3)25(14-21)36-5)16-26(31)28-27-15-19-6-8-22(30)24(13-19)35-4/h6-15,30H,16H2,1-5H3,(H,28,31)/b27-15-. The second kappa shape index (κ2) is 11.7. The van der Waals surface area contributed by atoms with Gasteiger partial charge in [-0.1, -0.05) is 6.07 Å². The number of carbonyl (C=O) groups is 1. The number of aromatic hydroxyl groups is 1. The van der Waals surface area contributed by atoms with Crippen LogP contribution in [0.1, 0.15) is 16.7 Å². The maximum Gasteiger partial charge on any atom is 0.264 e. The van der Waals surface area contributed by atoms with Gasteiger partial charge in [0, 0.05) is 6.07 Å². The SMILES string of the molecule is COc1cc(/C=N\NC(=O)CN(c2cc(C)cc(C)c2)S(=O)(=O)c2ccc(OC)c(OC)c2)ccc1O. The summed E-state index contributed by atoms with van der Waals surface area (Å²) >= 11 is 0. The number of ether oxygens (including phenoxy) is 3. The van der Waals surface area contributed by atoms with Crippen LogP contribution in [-0.4, -0.2) is 53.5 Å². The van der Waals surface area contributed by atoms with Gasteiger partial charge in [0.25, 0.3) is 15.9 Å². The second-order valence-electron chi connectivity index (χ2n) is 8.10. The molecular formula is C26H29N3O7S. The Balaban J connectivity index is 1.92. The average Bonchev–Trinajstić information content (AvgIpc) is 2.87. The number of phenolic OH excluding ortho intramolecular Hbond substituents is 1. The lowest BCUT2D eigenvalue weighted by molar-refractivity contribution is -0.119. The number of benzene rings is 3. The summed E-state index contributed by atoms with van der Waals surface area (Å²) in [4.78, 5) is 12.8. The number of anilines is 1. The van der Waals surface area contributed by atoms with Crippen LogP contribution in [0.25, 0.3) is 0 Å². The molecule has 0 saturated carbocycles. The molecule has 0 radical (unpaired) electrons. The van der Waals surface area contributed by atoms with Gasteiger partial charge in [0.05, 0.1) is 38.1 Å². The number of sulfonamides is 1. The first kappa shape index (κ1) is 27.3. The number of hydrazone groups is 1. The molecular weight excluding hydrogens is 498 g/mol. The van der Waals surface area contributed by atoms with E-state index in [9.17, 15) is 18.3 Å². The minimum atomic E-state index is -4.19. The van der Waals surface area contributed by atoms with Crippen molar-refractivity contribution < 1.29 is 32.5 Å². The highest BCUT2D eigenvalue weighted by Crippen LogP contribution is 2.32. The Bertz CT molecular complexity index is 1400. The summed E-state index contributed by atoms with van der Waals surface area (Å²) in [6.45, 7) is 3.15. The summed E-state index contributed by atoms with van der Waals surface area (Å²) in [5.41, 5.74) is 4.91. The lowest BCUT2D eigenvalue weighted by atomic mass is 10.1. The molecule has 11 heteroatoms. The van der Waals surface area contributed by atoms with Crippen LogP contribution in [0, 0.1) is 13.8 Å². The molecule has 0 aliphatic rings. The van der Waals surface area contributed by atoms with Gasteiger partial charge in [0.15, 0.2) is 23.0 Å². The molecule has 0 unspecified atom stereocenters. The number of aryl methyl sites for hydroxylation is 2. The first-order valence-corrected chi connectivity index (χ1v) is 12.5. The molecule has 196 valence electrons. The molecule has 3 aromatic rings. The monoisotopic (exact) mass is 527 g/mol. The first-order chi connectivity index (χ1) is 17.6. The minimum absolute atomic E-state index is 0.0341. The number of carbonyl (C=O) groups excluding carboxylic acids is 1. The molecule has 0 atom stereocenters. The van der Waals surface area contributed by atoms with Crippen molar-refractivity contribution >= 4 is 27.8 Å². The molecule has 0 heterocycles. The lowest BCUT2D eigenvalue weighted by Crippen LogP contribution is -2.39. The summed E-state index contributed by atoms with van der Waals surface area (Å²) in [7, 11) is 0.0835. The maximum absolute atomic E-state index is 13.7. The molecule has 0 aromatic heterocycles. The Hall–Kier alpha value is -4.25. The zero-order valence-electron chi connectivity index (χ0n) is 21.2. The van der Waals surface area contributed by atoms with E-state index in [1.54, 1.807) is 18.2 Å². The summed E-state index contributed by atoms with van der Waals surface area (Å²) in [6.07, 6.45) is 1.35. The zero-order chi connectivity index (χ0) is 27.2. The van der Waals surface area contributed by atoms with Gasteiger partial charge in [-0.3, -0.25) is 9.10 Å². The molecule has 0 aliphatic heterocycles. The highest BCUT2D eigenvalue weighted by atomic mass is 32.2. The number of hydrogen-bond acceptors (Lipinski definition) is 8. The molecule has 37 heavy (non-hydrogen) atoms. The topological polar surface area (TPSA) is 127 Å². The first-order valence-electron chi connectivity index (χ1n) is 11.1. The number of methoxy groups -OCH3 is 3. The van der Waals surface area contributed by atoms with E-state index in [2.05, 4.69) is 10.5 Å². The summed E-state index contributed by atoms with van der Waals surface area (Å²) in [6, 6.07) is 14.0. The van der Waals surface area contributed by atoms with Crippen LogP contribution in [0.15, 0.2) is 64.6 Å². The van der Waals surface area contributed by atoms with Crippen molar-refractivity contribution in [3.05, 3.63) is 71.3 Å². The Morgan fingerprint density at radius 2 is 1.57 bits per heavy atom. The molecule has 3 rings (SSSR count). The maximum atomic E-state index is 13.7. The van der Waals surface area contributed by atoms with Crippen LogP contribution in [0.4, 0.5) is 5.69 Å². The van der Waals surface area contributed by atoms with E-state index in [4.69, 9.17) is 14.2 Å². The van der Waals surface area contributed by atoms with E-state index < -0.39 is 22.5 Å². The molecule has 0 aliphatic carbocycles. The highest BCUT2D eigenvalue weighted by Gasteiger charge is 2.28. The molecule has 0 bridgehead atoms. The number of phenols is 1. The van der Waals surface area contributed by atoms with Gasteiger partial charge in [-0.2, -0.15) is 5.10 Å². The Morgan fingerprint density at radius 3 is 2.19 bits per heavy atom. The Labute approximate surface area is 216 Å². The number of hydrogen-bond donors (Lipinski definition) is 2. The predicted molar refractivity (Wildman–Crippen MR) is 140 cm³/mol. The van der Waals surface area contributed by atoms with Gasteiger partial charge in [-0.05, 0) is 73.0 Å². The third-order valence-electron chi connectivity index (χ3n) is 5.33.